The summed E-state index contributed by atoms with van der Waals surface area (Å²) in [6.45, 7) is 4.27. The third-order valence-corrected chi connectivity index (χ3v) is 3.44. The van der Waals surface area contributed by atoms with Gasteiger partial charge in [0.1, 0.15) is 5.56 Å². The van der Waals surface area contributed by atoms with Gasteiger partial charge in [-0.1, -0.05) is 0 Å². The number of hydrogen-bond acceptors (Lipinski definition) is 6. The van der Waals surface area contributed by atoms with Crippen LogP contribution in [0.3, 0.4) is 0 Å². The Morgan fingerprint density at radius 3 is 2.61 bits per heavy atom. The van der Waals surface area contributed by atoms with E-state index in [1.165, 1.54) is 19.2 Å². The van der Waals surface area contributed by atoms with E-state index in [2.05, 4.69) is 10.6 Å². The molecular formula is C14H20ClN3O5. The quantitative estimate of drug-likeness (QED) is 0.571. The van der Waals surface area contributed by atoms with Crippen molar-refractivity contribution in [3.05, 3.63) is 27.8 Å². The minimum Gasteiger partial charge on any atom is -0.493 e. The number of rotatable bonds is 7. The molecule has 1 fully saturated rings. The monoisotopic (exact) mass is 345 g/mol. The minimum atomic E-state index is -0.595. The Morgan fingerprint density at radius 1 is 1.43 bits per heavy atom. The highest BCUT2D eigenvalue weighted by Gasteiger charge is 2.26. The molecule has 8 nitrogen and oxygen atoms in total. The summed E-state index contributed by atoms with van der Waals surface area (Å²) < 4.78 is 10.5. The SMILES string of the molecule is CCOc1cc([N+](=O)[O-])c(C(=O)NCC2CNC2)cc1OC.Cl. The number of methoxy groups -OCH3 is 1. The molecule has 0 spiro atoms. The van der Waals surface area contributed by atoms with E-state index in [-0.39, 0.29) is 29.4 Å². The van der Waals surface area contributed by atoms with Crippen LogP contribution >= 0.6 is 12.4 Å². The molecule has 0 saturated carbocycles. The molecule has 1 saturated heterocycles. The van der Waals surface area contributed by atoms with Gasteiger partial charge in [0, 0.05) is 31.6 Å². The summed E-state index contributed by atoms with van der Waals surface area (Å²) in [4.78, 5) is 22.8. The van der Waals surface area contributed by atoms with Crippen molar-refractivity contribution >= 4 is 24.0 Å². The van der Waals surface area contributed by atoms with Crippen LogP contribution in [0.2, 0.25) is 0 Å². The fraction of sp³-hybridized carbons (Fsp3) is 0.500. The van der Waals surface area contributed by atoms with Gasteiger partial charge in [-0.2, -0.15) is 0 Å². The van der Waals surface area contributed by atoms with Crippen LogP contribution in [-0.4, -0.2) is 44.2 Å². The number of carbonyl (C=O) groups is 1. The highest BCUT2D eigenvalue weighted by atomic mass is 35.5. The number of benzene rings is 1. The fourth-order valence-corrected chi connectivity index (χ4v) is 2.14. The summed E-state index contributed by atoms with van der Waals surface area (Å²) in [5, 5.41) is 17.0. The summed E-state index contributed by atoms with van der Waals surface area (Å²) >= 11 is 0. The lowest BCUT2D eigenvalue weighted by atomic mass is 10.0. The normalized spacial score (nSPS) is 13.5. The first-order valence-corrected chi connectivity index (χ1v) is 7.05. The third kappa shape index (κ3) is 4.46. The van der Waals surface area contributed by atoms with Crippen molar-refractivity contribution in [2.45, 2.75) is 6.92 Å². The summed E-state index contributed by atoms with van der Waals surface area (Å²) in [6, 6.07) is 2.57. The molecule has 1 aliphatic rings. The maximum Gasteiger partial charge on any atom is 0.286 e. The standard InChI is InChI=1S/C14H19N3O5.ClH/c1-3-22-13-5-11(17(19)20)10(4-12(13)21-2)14(18)16-8-9-6-15-7-9;/h4-5,9,15H,3,6-8H2,1-2H3,(H,16,18);1H. The number of amides is 1. The Bertz CT molecular complexity index is 578. The first-order valence-electron chi connectivity index (χ1n) is 7.05. The van der Waals surface area contributed by atoms with Crippen LogP contribution in [0.1, 0.15) is 17.3 Å². The molecule has 2 rings (SSSR count). The Hall–Kier alpha value is -2.06. The number of nitrogens with one attached hydrogen (secondary N) is 2. The smallest absolute Gasteiger partial charge is 0.286 e. The van der Waals surface area contributed by atoms with Gasteiger partial charge < -0.3 is 20.1 Å². The Kier molecular flexibility index (Phi) is 7.05. The van der Waals surface area contributed by atoms with Crippen LogP contribution < -0.4 is 20.1 Å². The highest BCUT2D eigenvalue weighted by Crippen LogP contribution is 2.34. The molecule has 0 unspecified atom stereocenters. The average Bonchev–Trinajstić information content (AvgIpc) is 2.45. The van der Waals surface area contributed by atoms with Gasteiger partial charge in [-0.3, -0.25) is 14.9 Å². The molecule has 23 heavy (non-hydrogen) atoms. The summed E-state index contributed by atoms with van der Waals surface area (Å²) in [6.07, 6.45) is 0. The van der Waals surface area contributed by atoms with E-state index in [1.54, 1.807) is 6.92 Å². The van der Waals surface area contributed by atoms with Crippen LogP contribution in [0.15, 0.2) is 12.1 Å². The molecule has 1 aromatic carbocycles. The van der Waals surface area contributed by atoms with E-state index in [0.717, 1.165) is 13.1 Å². The molecule has 0 radical (unpaired) electrons. The summed E-state index contributed by atoms with van der Waals surface area (Å²) in [5.41, 5.74) is -0.328. The maximum absolute atomic E-state index is 12.2. The zero-order valence-electron chi connectivity index (χ0n) is 13.0. The van der Waals surface area contributed by atoms with E-state index in [0.29, 0.717) is 24.8 Å². The van der Waals surface area contributed by atoms with Gasteiger partial charge >= 0.3 is 0 Å². The van der Waals surface area contributed by atoms with Gasteiger partial charge in [0.2, 0.25) is 0 Å². The minimum absolute atomic E-state index is 0. The van der Waals surface area contributed by atoms with Gasteiger partial charge in [0.05, 0.1) is 24.7 Å². The second kappa shape index (κ2) is 8.54. The molecule has 9 heteroatoms. The van der Waals surface area contributed by atoms with E-state index < -0.39 is 10.8 Å². The predicted octanol–water partition coefficient (Wildman–Crippen LogP) is 1.37. The summed E-state index contributed by atoms with van der Waals surface area (Å²) in [7, 11) is 1.42. The molecule has 1 aromatic rings. The lowest BCUT2D eigenvalue weighted by Crippen LogP contribution is -2.48. The Morgan fingerprint density at radius 2 is 2.13 bits per heavy atom. The molecular weight excluding hydrogens is 326 g/mol. The third-order valence-electron chi connectivity index (χ3n) is 3.44. The summed E-state index contributed by atoms with van der Waals surface area (Å²) in [5.74, 6) is 0.423. The van der Waals surface area contributed by atoms with Crippen molar-refractivity contribution in [3.8, 4) is 11.5 Å². The van der Waals surface area contributed by atoms with Gasteiger partial charge in [0.25, 0.3) is 11.6 Å². The van der Waals surface area contributed by atoms with Crippen molar-refractivity contribution in [1.82, 2.24) is 10.6 Å². The number of nitro groups is 1. The average molecular weight is 346 g/mol. The molecule has 0 bridgehead atoms. The Labute approximate surface area is 140 Å². The van der Waals surface area contributed by atoms with Crippen molar-refractivity contribution in [2.24, 2.45) is 5.92 Å². The molecule has 1 heterocycles. The number of nitrogens with zero attached hydrogens (tertiary/aromatic N) is 1. The lowest BCUT2D eigenvalue weighted by molar-refractivity contribution is -0.385. The highest BCUT2D eigenvalue weighted by molar-refractivity contribution is 5.99. The number of ether oxygens (including phenoxy) is 2. The molecule has 128 valence electrons. The molecule has 2 N–H and O–H groups in total. The first-order chi connectivity index (χ1) is 10.6. The van der Waals surface area contributed by atoms with Crippen LogP contribution in [0, 0.1) is 16.0 Å². The topological polar surface area (TPSA) is 103 Å². The molecule has 1 aliphatic heterocycles. The van der Waals surface area contributed by atoms with E-state index in [9.17, 15) is 14.9 Å². The number of halogens is 1. The largest absolute Gasteiger partial charge is 0.493 e. The Balaban J connectivity index is 0.00000264. The maximum atomic E-state index is 12.2. The van der Waals surface area contributed by atoms with E-state index >= 15 is 0 Å². The lowest BCUT2D eigenvalue weighted by Gasteiger charge is -2.27. The first kappa shape index (κ1) is 19.0. The van der Waals surface area contributed by atoms with Crippen molar-refractivity contribution in [3.63, 3.8) is 0 Å². The zero-order chi connectivity index (χ0) is 16.1. The molecule has 0 aliphatic carbocycles. The van der Waals surface area contributed by atoms with E-state index in [4.69, 9.17) is 9.47 Å². The van der Waals surface area contributed by atoms with E-state index in [1.807, 2.05) is 0 Å². The second-order valence-corrected chi connectivity index (χ2v) is 4.94. The van der Waals surface area contributed by atoms with Gasteiger partial charge in [-0.05, 0) is 6.92 Å². The van der Waals surface area contributed by atoms with Gasteiger partial charge in [0.15, 0.2) is 11.5 Å². The molecule has 0 atom stereocenters. The van der Waals surface area contributed by atoms with Gasteiger partial charge in [-0.15, -0.1) is 12.4 Å². The molecule has 1 amide bonds. The van der Waals surface area contributed by atoms with Crippen molar-refractivity contribution < 1.29 is 19.2 Å². The van der Waals surface area contributed by atoms with Gasteiger partial charge in [-0.25, -0.2) is 0 Å². The second-order valence-electron chi connectivity index (χ2n) is 4.94. The van der Waals surface area contributed by atoms with Crippen LogP contribution in [0.4, 0.5) is 5.69 Å². The number of nitro benzene ring substituents is 1. The van der Waals surface area contributed by atoms with Crippen LogP contribution in [-0.2, 0) is 0 Å². The van der Waals surface area contributed by atoms with Crippen molar-refractivity contribution in [2.75, 3.05) is 33.4 Å². The number of hydrogen-bond donors (Lipinski definition) is 2. The fourth-order valence-electron chi connectivity index (χ4n) is 2.14. The van der Waals surface area contributed by atoms with Crippen molar-refractivity contribution in [1.29, 1.82) is 0 Å². The zero-order valence-corrected chi connectivity index (χ0v) is 13.8. The van der Waals surface area contributed by atoms with Crippen LogP contribution in [0.25, 0.3) is 0 Å². The number of carbonyl (C=O) groups excluding carboxylic acids is 1. The predicted molar refractivity (Wildman–Crippen MR) is 86.8 cm³/mol. The molecule has 0 aromatic heterocycles. The van der Waals surface area contributed by atoms with Crippen LogP contribution in [0.5, 0.6) is 11.5 Å².